The highest BCUT2D eigenvalue weighted by Crippen LogP contribution is 2.23. The smallest absolute Gasteiger partial charge is 0.332 e. The third kappa shape index (κ3) is 2.75. The minimum atomic E-state index is -1.12. The monoisotopic (exact) mass is 278 g/mol. The Hall–Kier alpha value is -2.46. The van der Waals surface area contributed by atoms with Gasteiger partial charge in [-0.2, -0.15) is 5.26 Å². The van der Waals surface area contributed by atoms with Crippen molar-refractivity contribution in [1.29, 1.82) is 5.26 Å². The summed E-state index contributed by atoms with van der Waals surface area (Å²) in [6.07, 6.45) is -1.42. The second-order valence-electron chi connectivity index (χ2n) is 4.29. The van der Waals surface area contributed by atoms with Crippen LogP contribution < -0.4 is 5.32 Å². The second-order valence-corrected chi connectivity index (χ2v) is 4.29. The molecule has 1 saturated heterocycles. The van der Waals surface area contributed by atoms with Gasteiger partial charge in [0.1, 0.15) is 23.6 Å². The van der Waals surface area contributed by atoms with Gasteiger partial charge < -0.3 is 15.2 Å². The number of rotatable bonds is 3. The Morgan fingerprint density at radius 1 is 1.40 bits per heavy atom. The molecule has 2 unspecified atom stereocenters. The topological polar surface area (TPSA) is 99.4 Å². The predicted molar refractivity (Wildman–Crippen MR) is 65.3 cm³/mol. The molecule has 2 atom stereocenters. The molecule has 6 nitrogen and oxygen atoms in total. The number of nitriles is 1. The molecule has 2 N–H and O–H groups in total. The highest BCUT2D eigenvalue weighted by atomic mass is 19.1. The summed E-state index contributed by atoms with van der Waals surface area (Å²) >= 11 is 0. The van der Waals surface area contributed by atoms with E-state index in [1.807, 2.05) is 0 Å². The zero-order valence-corrected chi connectivity index (χ0v) is 10.3. The van der Waals surface area contributed by atoms with E-state index in [0.717, 1.165) is 6.07 Å². The van der Waals surface area contributed by atoms with Gasteiger partial charge in [0.25, 0.3) is 5.91 Å². The molecule has 1 fully saturated rings. The third-order valence-corrected chi connectivity index (χ3v) is 2.97. The van der Waals surface area contributed by atoms with Crippen molar-refractivity contribution in [3.05, 3.63) is 29.6 Å². The van der Waals surface area contributed by atoms with Crippen molar-refractivity contribution in [2.45, 2.75) is 25.0 Å². The molecule has 0 saturated carbocycles. The Kier molecular flexibility index (Phi) is 3.96. The van der Waals surface area contributed by atoms with Crippen molar-refractivity contribution >= 4 is 17.6 Å². The summed E-state index contributed by atoms with van der Waals surface area (Å²) < 4.78 is 18.4. The van der Waals surface area contributed by atoms with Gasteiger partial charge in [-0.05, 0) is 25.0 Å². The van der Waals surface area contributed by atoms with E-state index in [2.05, 4.69) is 5.32 Å². The average Bonchev–Trinajstić information content (AvgIpc) is 2.89. The van der Waals surface area contributed by atoms with Gasteiger partial charge in [0.15, 0.2) is 6.10 Å². The zero-order chi connectivity index (χ0) is 14.7. The van der Waals surface area contributed by atoms with Crippen molar-refractivity contribution in [2.75, 3.05) is 5.32 Å². The molecule has 0 bridgehead atoms. The Balaban J connectivity index is 2.08. The Bertz CT molecular complexity index is 597. The van der Waals surface area contributed by atoms with Gasteiger partial charge in [-0.15, -0.1) is 0 Å². The summed E-state index contributed by atoms with van der Waals surface area (Å²) in [6, 6.07) is 5.53. The van der Waals surface area contributed by atoms with E-state index in [4.69, 9.17) is 15.1 Å². The molecule has 0 aliphatic carbocycles. The molecular weight excluding hydrogens is 267 g/mol. The fourth-order valence-electron chi connectivity index (χ4n) is 1.97. The van der Waals surface area contributed by atoms with Crippen LogP contribution in [-0.2, 0) is 14.3 Å². The van der Waals surface area contributed by atoms with Gasteiger partial charge >= 0.3 is 5.97 Å². The van der Waals surface area contributed by atoms with Gasteiger partial charge in [0, 0.05) is 0 Å². The molecule has 1 aromatic carbocycles. The first-order chi connectivity index (χ1) is 9.52. The Labute approximate surface area is 113 Å². The number of carbonyl (C=O) groups is 2. The lowest BCUT2D eigenvalue weighted by atomic mass is 10.1. The Morgan fingerprint density at radius 2 is 2.10 bits per heavy atom. The number of benzene rings is 1. The van der Waals surface area contributed by atoms with Gasteiger partial charge in [-0.25, -0.2) is 9.18 Å². The van der Waals surface area contributed by atoms with Crippen LogP contribution in [0.25, 0.3) is 0 Å². The highest BCUT2D eigenvalue weighted by molar-refractivity contribution is 5.95. The Morgan fingerprint density at radius 3 is 2.70 bits per heavy atom. The maximum Gasteiger partial charge on any atom is 0.332 e. The summed E-state index contributed by atoms with van der Waals surface area (Å²) in [6.45, 7) is 0. The van der Waals surface area contributed by atoms with E-state index in [1.165, 1.54) is 12.1 Å². The van der Waals surface area contributed by atoms with Crippen LogP contribution in [0.4, 0.5) is 10.1 Å². The summed E-state index contributed by atoms with van der Waals surface area (Å²) in [5.41, 5.74) is -0.228. The minimum absolute atomic E-state index is 0.0416. The number of carbonyl (C=O) groups excluding carboxylic acids is 1. The first-order valence-corrected chi connectivity index (χ1v) is 5.90. The fraction of sp³-hybridized carbons (Fsp3) is 0.308. The van der Waals surface area contributed by atoms with Gasteiger partial charge in [0.05, 0.1) is 5.69 Å². The van der Waals surface area contributed by atoms with Crippen molar-refractivity contribution in [1.82, 2.24) is 0 Å². The molecular formula is C13H11FN2O4. The fourth-order valence-corrected chi connectivity index (χ4v) is 1.97. The number of hydrogen-bond acceptors (Lipinski definition) is 4. The van der Waals surface area contributed by atoms with E-state index in [-0.39, 0.29) is 24.1 Å². The first kappa shape index (κ1) is 14.0. The van der Waals surface area contributed by atoms with Crippen molar-refractivity contribution in [2.24, 2.45) is 0 Å². The second kappa shape index (κ2) is 5.67. The summed E-state index contributed by atoms with van der Waals surface area (Å²) in [4.78, 5) is 22.6. The molecule has 2 rings (SSSR count). The van der Waals surface area contributed by atoms with Crippen molar-refractivity contribution < 1.29 is 23.8 Å². The molecule has 1 amide bonds. The zero-order valence-electron chi connectivity index (χ0n) is 10.3. The van der Waals surface area contributed by atoms with Crippen LogP contribution in [0, 0.1) is 17.1 Å². The van der Waals surface area contributed by atoms with Crippen LogP contribution in [0.3, 0.4) is 0 Å². The highest BCUT2D eigenvalue weighted by Gasteiger charge is 2.34. The normalized spacial score (nSPS) is 21.2. The van der Waals surface area contributed by atoms with E-state index in [1.54, 1.807) is 6.07 Å². The number of nitrogens with one attached hydrogen (secondary N) is 1. The molecule has 0 spiro atoms. The summed E-state index contributed by atoms with van der Waals surface area (Å²) in [7, 11) is 0. The van der Waals surface area contributed by atoms with E-state index in [0.29, 0.717) is 0 Å². The summed E-state index contributed by atoms with van der Waals surface area (Å²) in [5.74, 6) is -2.44. The van der Waals surface area contributed by atoms with Crippen LogP contribution in [0.15, 0.2) is 18.2 Å². The number of anilines is 1. The SMILES string of the molecule is N#Cc1c(F)cccc1NC(=O)C1CCC(C(=O)O)O1. The molecule has 20 heavy (non-hydrogen) atoms. The van der Waals surface area contributed by atoms with E-state index < -0.39 is 29.9 Å². The number of halogens is 1. The lowest BCUT2D eigenvalue weighted by Crippen LogP contribution is -2.30. The number of ether oxygens (including phenoxy) is 1. The van der Waals surface area contributed by atoms with Crippen LogP contribution in [0.1, 0.15) is 18.4 Å². The minimum Gasteiger partial charge on any atom is -0.479 e. The number of amides is 1. The van der Waals surface area contributed by atoms with Crippen molar-refractivity contribution in [3.8, 4) is 6.07 Å². The maximum atomic E-state index is 13.4. The number of nitrogens with zero attached hydrogens (tertiary/aromatic N) is 1. The van der Waals surface area contributed by atoms with Gasteiger partial charge in [0.2, 0.25) is 0 Å². The van der Waals surface area contributed by atoms with Crippen LogP contribution in [0.2, 0.25) is 0 Å². The molecule has 1 aliphatic heterocycles. The molecule has 1 heterocycles. The average molecular weight is 278 g/mol. The molecule has 104 valence electrons. The molecule has 1 aliphatic rings. The molecule has 1 aromatic rings. The lowest BCUT2D eigenvalue weighted by Gasteiger charge is -2.12. The quantitative estimate of drug-likeness (QED) is 0.867. The van der Waals surface area contributed by atoms with Crippen molar-refractivity contribution in [3.63, 3.8) is 0 Å². The van der Waals surface area contributed by atoms with Gasteiger partial charge in [-0.1, -0.05) is 6.07 Å². The van der Waals surface area contributed by atoms with E-state index >= 15 is 0 Å². The number of aliphatic carboxylic acids is 1. The van der Waals surface area contributed by atoms with Crippen LogP contribution in [-0.4, -0.2) is 29.2 Å². The van der Waals surface area contributed by atoms with Crippen LogP contribution >= 0.6 is 0 Å². The molecule has 0 radical (unpaired) electrons. The van der Waals surface area contributed by atoms with Crippen LogP contribution in [0.5, 0.6) is 0 Å². The largest absolute Gasteiger partial charge is 0.479 e. The standard InChI is InChI=1S/C13H11FN2O4/c14-8-2-1-3-9(7(8)6-15)16-12(17)10-4-5-11(20-10)13(18)19/h1-3,10-11H,4-5H2,(H,16,17)(H,18,19). The first-order valence-electron chi connectivity index (χ1n) is 5.90. The molecule has 0 aromatic heterocycles. The number of carboxylic acids is 1. The third-order valence-electron chi connectivity index (χ3n) is 2.97. The summed E-state index contributed by atoms with van der Waals surface area (Å²) in [5, 5.41) is 20.0. The van der Waals surface area contributed by atoms with E-state index in [9.17, 15) is 14.0 Å². The van der Waals surface area contributed by atoms with Gasteiger partial charge in [-0.3, -0.25) is 4.79 Å². The number of carboxylic acid groups (broad SMARTS) is 1. The lowest BCUT2D eigenvalue weighted by molar-refractivity contribution is -0.150. The number of hydrogen-bond donors (Lipinski definition) is 2. The molecule has 7 heteroatoms. The maximum absolute atomic E-state index is 13.4. The predicted octanol–water partition coefficient (Wildman–Crippen LogP) is 1.27.